The van der Waals surface area contributed by atoms with E-state index in [-0.39, 0.29) is 25.7 Å². The first-order chi connectivity index (χ1) is 41.9. The summed E-state index contributed by atoms with van der Waals surface area (Å²) in [5.74, 6) is -0.546. The predicted molar refractivity (Wildman–Crippen MR) is 349 cm³/mol. The van der Waals surface area contributed by atoms with E-state index in [9.17, 15) is 43.2 Å². The van der Waals surface area contributed by atoms with Gasteiger partial charge in [0.25, 0.3) is 0 Å². The number of rotatable bonds is 67. The summed E-state index contributed by atoms with van der Waals surface area (Å²) in [4.78, 5) is 72.1. The summed E-state index contributed by atoms with van der Waals surface area (Å²) < 4.78 is 67.9. The molecule has 0 heterocycles. The third kappa shape index (κ3) is 62.6. The monoisotopic (exact) mass is 1280 g/mol. The Labute approximate surface area is 530 Å². The summed E-state index contributed by atoms with van der Waals surface area (Å²) in [6, 6.07) is 0. The number of phosphoric acid groups is 2. The van der Waals surface area contributed by atoms with Crippen molar-refractivity contribution in [3.63, 3.8) is 0 Å². The van der Waals surface area contributed by atoms with Crippen LogP contribution in [0.25, 0.3) is 0 Å². The van der Waals surface area contributed by atoms with Crippen LogP contribution in [0.3, 0.4) is 0 Å². The average molecular weight is 1280 g/mol. The normalized spacial score (nSPS) is 14.2. The molecule has 3 N–H and O–H groups in total. The summed E-state index contributed by atoms with van der Waals surface area (Å²) in [7, 11) is -9.88. The van der Waals surface area contributed by atoms with E-state index in [1.54, 1.807) is 0 Å². The lowest BCUT2D eigenvalue weighted by atomic mass is 10.0. The Morgan fingerprint density at radius 2 is 0.529 bits per heavy atom. The van der Waals surface area contributed by atoms with Gasteiger partial charge in [0.15, 0.2) is 12.2 Å². The summed E-state index contributed by atoms with van der Waals surface area (Å²) >= 11 is 0. The maximum atomic E-state index is 13.0. The van der Waals surface area contributed by atoms with E-state index in [1.807, 2.05) is 0 Å². The van der Waals surface area contributed by atoms with Crippen molar-refractivity contribution in [3.8, 4) is 0 Å². The molecule has 0 radical (unpaired) electrons. The van der Waals surface area contributed by atoms with Crippen molar-refractivity contribution < 1.29 is 80.2 Å². The smallest absolute Gasteiger partial charge is 0.462 e. The largest absolute Gasteiger partial charge is 0.472 e. The van der Waals surface area contributed by atoms with Crippen molar-refractivity contribution >= 4 is 39.5 Å². The lowest BCUT2D eigenvalue weighted by Gasteiger charge is -2.21. The molecule has 0 aromatic carbocycles. The standard InChI is InChI=1S/C68H132O17P2/c1-7-9-11-13-14-33-40-46-52-67(72)84-63(56-78-65(70)50-44-36-12-10-8-2)58-82-86(74,75)80-54-62(69)55-81-87(76,77)83-59-64(85-68(73)53-47-41-35-30-26-22-18-16-20-24-28-32-38-43-49-61(5)6)57-79-66(71)51-45-39-34-29-25-21-17-15-19-23-27-31-37-42-48-60(3)4/h60-64,69H,7-59H2,1-6H3,(H,74,75)(H,76,77)/t62-,63+,64+/m0/s1. The Morgan fingerprint density at radius 1 is 0.310 bits per heavy atom. The maximum Gasteiger partial charge on any atom is 0.472 e. The zero-order valence-electron chi connectivity index (χ0n) is 56.3. The number of ether oxygens (including phenoxy) is 4. The van der Waals surface area contributed by atoms with Crippen LogP contribution in [0.1, 0.15) is 343 Å². The van der Waals surface area contributed by atoms with Gasteiger partial charge >= 0.3 is 39.5 Å². The van der Waals surface area contributed by atoms with Gasteiger partial charge in [-0.1, -0.05) is 292 Å². The van der Waals surface area contributed by atoms with Crippen LogP contribution in [0.2, 0.25) is 0 Å². The van der Waals surface area contributed by atoms with Gasteiger partial charge in [-0.25, -0.2) is 9.13 Å². The highest BCUT2D eigenvalue weighted by Crippen LogP contribution is 2.45. The third-order valence-corrected chi connectivity index (χ3v) is 17.6. The van der Waals surface area contributed by atoms with Gasteiger partial charge in [-0.3, -0.25) is 37.3 Å². The van der Waals surface area contributed by atoms with Crippen molar-refractivity contribution in [2.45, 2.75) is 362 Å². The molecule has 0 bridgehead atoms. The van der Waals surface area contributed by atoms with Crippen molar-refractivity contribution in [2.24, 2.45) is 11.8 Å². The molecule has 87 heavy (non-hydrogen) atoms. The van der Waals surface area contributed by atoms with Crippen molar-refractivity contribution in [1.29, 1.82) is 0 Å². The Morgan fingerprint density at radius 3 is 0.782 bits per heavy atom. The molecule has 0 spiro atoms. The molecule has 2 unspecified atom stereocenters. The van der Waals surface area contributed by atoms with Crippen LogP contribution in [0, 0.1) is 11.8 Å². The fraction of sp³-hybridized carbons (Fsp3) is 0.941. The number of esters is 4. The molecule has 0 aliphatic rings. The predicted octanol–water partition coefficient (Wildman–Crippen LogP) is 19.2. The molecule has 17 nitrogen and oxygen atoms in total. The Bertz CT molecular complexity index is 1700. The zero-order valence-corrected chi connectivity index (χ0v) is 58.1. The van der Waals surface area contributed by atoms with E-state index in [0.29, 0.717) is 25.7 Å². The molecular formula is C68H132O17P2. The Kier molecular flexibility index (Phi) is 59.0. The van der Waals surface area contributed by atoms with Crippen molar-refractivity contribution in [3.05, 3.63) is 0 Å². The van der Waals surface area contributed by atoms with Gasteiger partial charge in [0.05, 0.1) is 26.4 Å². The van der Waals surface area contributed by atoms with Crippen LogP contribution in [-0.4, -0.2) is 96.7 Å². The lowest BCUT2D eigenvalue weighted by molar-refractivity contribution is -0.161. The van der Waals surface area contributed by atoms with Crippen molar-refractivity contribution in [2.75, 3.05) is 39.6 Å². The Hall–Kier alpha value is -1.94. The summed E-state index contributed by atoms with van der Waals surface area (Å²) in [6.07, 6.45) is 44.9. The number of hydrogen-bond donors (Lipinski definition) is 3. The van der Waals surface area contributed by atoms with Gasteiger partial charge in [0.1, 0.15) is 19.3 Å². The number of carbonyl (C=O) groups is 4. The zero-order chi connectivity index (χ0) is 64.3. The second-order valence-electron chi connectivity index (χ2n) is 25.5. The van der Waals surface area contributed by atoms with Gasteiger partial charge in [0.2, 0.25) is 0 Å². The minimum atomic E-state index is -4.95. The number of aliphatic hydroxyl groups excluding tert-OH is 1. The number of carbonyl (C=O) groups excluding carboxylic acids is 4. The molecule has 0 rings (SSSR count). The Balaban J connectivity index is 5.13. The van der Waals surface area contributed by atoms with Crippen LogP contribution >= 0.6 is 15.6 Å². The minimum absolute atomic E-state index is 0.104. The highest BCUT2D eigenvalue weighted by Gasteiger charge is 2.30. The molecule has 0 aromatic rings. The van der Waals surface area contributed by atoms with E-state index < -0.39 is 97.5 Å². The van der Waals surface area contributed by atoms with Crippen molar-refractivity contribution in [1.82, 2.24) is 0 Å². The molecule has 0 fully saturated rings. The van der Waals surface area contributed by atoms with E-state index in [4.69, 9.17) is 37.0 Å². The van der Waals surface area contributed by atoms with Gasteiger partial charge in [-0.05, 0) is 37.5 Å². The molecule has 0 amide bonds. The maximum absolute atomic E-state index is 13.0. The number of hydrogen-bond acceptors (Lipinski definition) is 15. The third-order valence-electron chi connectivity index (χ3n) is 15.7. The molecule has 0 saturated heterocycles. The van der Waals surface area contributed by atoms with Crippen LogP contribution in [0.4, 0.5) is 0 Å². The van der Waals surface area contributed by atoms with Gasteiger partial charge in [-0.2, -0.15) is 0 Å². The lowest BCUT2D eigenvalue weighted by Crippen LogP contribution is -2.30. The molecular weight excluding hydrogens is 1150 g/mol. The first-order valence-electron chi connectivity index (χ1n) is 35.5. The molecule has 5 atom stereocenters. The molecule has 0 aliphatic carbocycles. The van der Waals surface area contributed by atoms with Crippen LogP contribution in [-0.2, 0) is 65.4 Å². The SMILES string of the molecule is CCCCCCCCCCC(=O)O[C@H](COC(=O)CCCCCCC)COP(=O)(O)OC[C@H](O)COP(=O)(O)OC[C@@H](COC(=O)CCCCCCCCCCCCCCCCC(C)C)OC(=O)CCCCCCCCCCCCCCCCC(C)C. The second kappa shape index (κ2) is 60.3. The van der Waals surface area contributed by atoms with Gasteiger partial charge in [-0.15, -0.1) is 0 Å². The number of phosphoric ester groups is 2. The average Bonchev–Trinajstić information content (AvgIpc) is 3.70. The summed E-state index contributed by atoms with van der Waals surface area (Å²) in [6.45, 7) is 9.46. The number of unbranched alkanes of at least 4 members (excludes halogenated alkanes) is 37. The van der Waals surface area contributed by atoms with E-state index in [0.717, 1.165) is 115 Å². The van der Waals surface area contributed by atoms with Crippen LogP contribution in [0.5, 0.6) is 0 Å². The fourth-order valence-corrected chi connectivity index (χ4v) is 11.8. The van der Waals surface area contributed by atoms with Crippen LogP contribution in [0.15, 0.2) is 0 Å². The molecule has 0 aliphatic heterocycles. The van der Waals surface area contributed by atoms with Gasteiger partial charge < -0.3 is 33.8 Å². The highest BCUT2D eigenvalue weighted by atomic mass is 31.2. The molecule has 0 aromatic heterocycles. The van der Waals surface area contributed by atoms with E-state index in [1.165, 1.54) is 148 Å². The van der Waals surface area contributed by atoms with Gasteiger partial charge in [0, 0.05) is 25.7 Å². The fourth-order valence-electron chi connectivity index (χ4n) is 10.2. The first kappa shape index (κ1) is 85.1. The molecule has 516 valence electrons. The molecule has 19 heteroatoms. The second-order valence-corrected chi connectivity index (χ2v) is 28.4. The number of aliphatic hydroxyl groups is 1. The topological polar surface area (TPSA) is 237 Å². The minimum Gasteiger partial charge on any atom is -0.462 e. The van der Waals surface area contributed by atoms with E-state index >= 15 is 0 Å². The summed E-state index contributed by atoms with van der Waals surface area (Å²) in [5.41, 5.74) is 0. The van der Waals surface area contributed by atoms with E-state index in [2.05, 4.69) is 41.5 Å². The van der Waals surface area contributed by atoms with Crippen LogP contribution < -0.4 is 0 Å². The summed E-state index contributed by atoms with van der Waals surface area (Å²) in [5, 5.41) is 10.5. The molecule has 0 saturated carbocycles. The first-order valence-corrected chi connectivity index (χ1v) is 38.5. The quantitative estimate of drug-likeness (QED) is 0.0222. The highest BCUT2D eigenvalue weighted by molar-refractivity contribution is 7.47.